The second-order valence-electron chi connectivity index (χ2n) is 15.2. The van der Waals surface area contributed by atoms with Gasteiger partial charge in [0, 0.05) is 0 Å². The molecule has 0 aromatic heterocycles. The molecule has 46 heavy (non-hydrogen) atoms. The van der Waals surface area contributed by atoms with Gasteiger partial charge >= 0.3 is 269 Å². The van der Waals surface area contributed by atoms with E-state index in [0.717, 1.165) is 12.8 Å². The van der Waals surface area contributed by atoms with Crippen molar-refractivity contribution < 1.29 is 18.3 Å². The molecule has 0 radical (unpaired) electrons. The summed E-state index contributed by atoms with van der Waals surface area (Å²) >= 11 is -4.92. The van der Waals surface area contributed by atoms with Crippen LogP contribution in [0.2, 0.25) is 0 Å². The van der Waals surface area contributed by atoms with Crippen LogP contribution in [0.5, 0.6) is 0 Å². The average Bonchev–Trinajstić information content (AvgIpc) is 3.57. The normalized spacial score (nSPS) is 15.8. The van der Waals surface area contributed by atoms with Crippen LogP contribution < -0.4 is 9.81 Å². The van der Waals surface area contributed by atoms with Gasteiger partial charge in [0.15, 0.2) is 0 Å². The molecule has 0 amide bonds. The summed E-state index contributed by atoms with van der Waals surface area (Å²) in [7, 11) is 0. The summed E-state index contributed by atoms with van der Waals surface area (Å²) in [5, 5.41) is 0. The molecule has 0 N–H and O–H groups in total. The number of benzene rings is 4. The third-order valence-electron chi connectivity index (χ3n) is 11.3. The van der Waals surface area contributed by atoms with Crippen molar-refractivity contribution >= 4 is 38.8 Å². The summed E-state index contributed by atoms with van der Waals surface area (Å²) in [5.74, 6) is 0.360. The van der Waals surface area contributed by atoms with Crippen LogP contribution in [0.25, 0.3) is 11.1 Å². The van der Waals surface area contributed by atoms with Gasteiger partial charge in [0.25, 0.3) is 0 Å². The second kappa shape index (κ2) is 12.6. The second-order valence-corrected chi connectivity index (χ2v) is 27.8. The minimum absolute atomic E-state index is 0. The van der Waals surface area contributed by atoms with E-state index in [4.69, 9.17) is 4.21 Å². The standard InChI is InChI=1S/C17H17.C11H17.2C7H7.CH2.2ClH.Zr/c1-10-5-14-9-15-6-11(2)13(4)8-17(15)16(14)7-12(10)3;1-5-9-6-7-10(8-9)11(2,3)4;2*1-7-5-3-2-4-6-7;;;;/h5,7-8H,9H2,1-4H3;7-9H,5H2,1-4H3;2*3-6H,1H3;1H2;2*1H;. The molecule has 0 fully saturated rings. The van der Waals surface area contributed by atoms with Gasteiger partial charge in [-0.05, 0) is 0 Å². The van der Waals surface area contributed by atoms with Gasteiger partial charge in [-0.15, -0.1) is 24.8 Å². The zero-order chi connectivity index (χ0) is 31.8. The Morgan fingerprint density at radius 3 is 1.72 bits per heavy atom. The van der Waals surface area contributed by atoms with Gasteiger partial charge in [0.05, 0.1) is 0 Å². The van der Waals surface area contributed by atoms with E-state index in [-0.39, 0.29) is 30.2 Å². The van der Waals surface area contributed by atoms with Crippen LogP contribution in [0.3, 0.4) is 0 Å². The number of hydrogen-bond acceptors (Lipinski definition) is 0. The molecule has 242 valence electrons. The fourth-order valence-electron chi connectivity index (χ4n) is 8.38. The first-order valence-corrected chi connectivity index (χ1v) is 23.2. The Bertz CT molecular complexity index is 1890. The van der Waals surface area contributed by atoms with Crippen molar-refractivity contribution in [3.05, 3.63) is 132 Å². The number of rotatable bonds is 5. The number of aryl methyl sites for hydroxylation is 5. The predicted octanol–water partition coefficient (Wildman–Crippen LogP) is 10.2. The summed E-state index contributed by atoms with van der Waals surface area (Å²) in [6, 6.07) is 26.6. The molecule has 0 saturated carbocycles. The molecule has 6 rings (SSSR count). The molecule has 4 aromatic rings. The number of allylic oxidation sites excluding steroid dienone is 4. The maximum absolute atomic E-state index is 5.85. The summed E-state index contributed by atoms with van der Waals surface area (Å²) in [5.41, 5.74) is 15.5. The first kappa shape index (κ1) is 36.5. The Labute approximate surface area is 291 Å². The van der Waals surface area contributed by atoms with Crippen molar-refractivity contribution in [3.63, 3.8) is 0 Å². The maximum atomic E-state index is 5.85. The van der Waals surface area contributed by atoms with Crippen LogP contribution in [0.15, 0.2) is 87.7 Å². The van der Waals surface area contributed by atoms with Crippen molar-refractivity contribution in [2.45, 2.75) is 82.1 Å². The van der Waals surface area contributed by atoms with Crippen LogP contribution in [-0.4, -0.2) is 4.21 Å². The first-order chi connectivity index (χ1) is 20.7. The van der Waals surface area contributed by atoms with Crippen molar-refractivity contribution in [1.82, 2.24) is 0 Å². The third-order valence-corrected chi connectivity index (χ3v) is 28.0. The molecule has 2 aliphatic rings. The molecule has 4 aromatic carbocycles. The third kappa shape index (κ3) is 5.34. The van der Waals surface area contributed by atoms with Crippen molar-refractivity contribution in [3.8, 4) is 11.1 Å². The van der Waals surface area contributed by atoms with E-state index in [1.165, 1.54) is 67.8 Å². The first-order valence-electron chi connectivity index (χ1n) is 16.5. The molecule has 1 atom stereocenters. The molecule has 0 saturated heterocycles. The summed E-state index contributed by atoms with van der Waals surface area (Å²) < 4.78 is 11.9. The molecular formula is C43H52Cl2Zr. The van der Waals surface area contributed by atoms with Crippen LogP contribution in [0.1, 0.15) is 78.6 Å². The fraction of sp³-hybridized carbons (Fsp3) is 0.326. The van der Waals surface area contributed by atoms with Crippen molar-refractivity contribution in [2.75, 3.05) is 0 Å². The SMILES string of the molecule is Cl.Cl.[CH2]=[Zr]([C]1=CC(C(C)(C)C)=CC1CC)([c]1ccc(C)cc1)([c]1ccc(C)cc1)[c]1c(C)c(C)cc2c1Cc1cc(C)c(C)cc1-2. The van der Waals surface area contributed by atoms with Gasteiger partial charge in [-0.2, -0.15) is 0 Å². The Hall–Kier alpha value is -2.31. The van der Waals surface area contributed by atoms with E-state index in [0.29, 0.717) is 5.92 Å². The van der Waals surface area contributed by atoms with E-state index in [9.17, 15) is 0 Å². The summed E-state index contributed by atoms with van der Waals surface area (Å²) in [4.78, 5) is 0. The van der Waals surface area contributed by atoms with Gasteiger partial charge in [0.1, 0.15) is 0 Å². The molecule has 0 heterocycles. The molecule has 0 aliphatic heterocycles. The molecule has 0 bridgehead atoms. The van der Waals surface area contributed by atoms with E-state index in [2.05, 4.69) is 148 Å². The molecule has 0 spiro atoms. The predicted molar refractivity (Wildman–Crippen MR) is 206 cm³/mol. The van der Waals surface area contributed by atoms with Crippen molar-refractivity contribution in [1.29, 1.82) is 0 Å². The topological polar surface area (TPSA) is 0 Å². The van der Waals surface area contributed by atoms with Crippen LogP contribution in [-0.2, 0) is 24.7 Å². The molecule has 1 unspecified atom stereocenters. The van der Waals surface area contributed by atoms with E-state index in [1.807, 2.05) is 0 Å². The Balaban J connectivity index is 0.00000240. The Morgan fingerprint density at radius 1 is 0.717 bits per heavy atom. The van der Waals surface area contributed by atoms with Crippen molar-refractivity contribution in [2.24, 2.45) is 11.3 Å². The Morgan fingerprint density at radius 2 is 1.22 bits per heavy atom. The van der Waals surface area contributed by atoms with Gasteiger partial charge in [-0.1, -0.05) is 0 Å². The van der Waals surface area contributed by atoms with E-state index >= 15 is 0 Å². The van der Waals surface area contributed by atoms with Gasteiger partial charge < -0.3 is 0 Å². The molecule has 2 aliphatic carbocycles. The van der Waals surface area contributed by atoms with Gasteiger partial charge in [0.2, 0.25) is 0 Å². The van der Waals surface area contributed by atoms with Gasteiger partial charge in [-0.25, -0.2) is 0 Å². The van der Waals surface area contributed by atoms with E-state index < -0.39 is 18.3 Å². The number of hydrogen-bond donors (Lipinski definition) is 0. The van der Waals surface area contributed by atoms with Gasteiger partial charge in [-0.3, -0.25) is 0 Å². The molecule has 3 heteroatoms. The number of halogens is 2. The monoisotopic (exact) mass is 728 g/mol. The minimum atomic E-state index is -4.92. The van der Waals surface area contributed by atoms with Crippen LogP contribution >= 0.6 is 24.8 Å². The zero-order valence-electron chi connectivity index (χ0n) is 29.5. The number of fused-ring (bicyclic) bond motifs is 3. The molecule has 0 nitrogen and oxygen atoms in total. The van der Waals surface area contributed by atoms with Crippen LogP contribution in [0, 0.1) is 52.9 Å². The van der Waals surface area contributed by atoms with Crippen LogP contribution in [0.4, 0.5) is 0 Å². The fourth-order valence-corrected chi connectivity index (χ4v) is 26.0. The zero-order valence-corrected chi connectivity index (χ0v) is 33.6. The van der Waals surface area contributed by atoms with E-state index in [1.54, 1.807) is 6.55 Å². The Kier molecular flexibility index (Phi) is 10.0. The molecular weight excluding hydrogens is 679 g/mol. The summed E-state index contributed by atoms with van der Waals surface area (Å²) in [6.07, 6.45) is 7.29. The summed E-state index contributed by atoms with van der Waals surface area (Å²) in [6.45, 7) is 23.2. The quantitative estimate of drug-likeness (QED) is 0.169. The average molecular weight is 731 g/mol.